The Balaban J connectivity index is 2.96. The van der Waals surface area contributed by atoms with Crippen LogP contribution in [-0.4, -0.2) is 34.8 Å². The predicted molar refractivity (Wildman–Crippen MR) is 67.5 cm³/mol. The molecule has 0 saturated carbocycles. The number of unbranched alkanes of at least 4 members (excludes halogenated alkanes) is 1. The third-order valence-corrected chi connectivity index (χ3v) is 3.22. The van der Waals surface area contributed by atoms with Crippen molar-refractivity contribution < 1.29 is 9.59 Å². The molecule has 0 spiro atoms. The lowest BCUT2D eigenvalue weighted by Crippen LogP contribution is -2.69. The van der Waals surface area contributed by atoms with Crippen molar-refractivity contribution >= 4 is 11.8 Å². The fraction of sp³-hybridized carbons (Fsp3) is 0.846. The summed E-state index contributed by atoms with van der Waals surface area (Å²) in [6.45, 7) is 10.3. The van der Waals surface area contributed by atoms with Gasteiger partial charge in [-0.25, -0.2) is 0 Å². The van der Waals surface area contributed by atoms with E-state index in [1.165, 1.54) is 0 Å². The molecule has 1 saturated heterocycles. The first-order valence-corrected chi connectivity index (χ1v) is 6.44. The second-order valence-electron chi connectivity index (χ2n) is 5.66. The van der Waals surface area contributed by atoms with Crippen LogP contribution in [0, 0.1) is 5.92 Å². The topological polar surface area (TPSA) is 49.4 Å². The van der Waals surface area contributed by atoms with Crippen molar-refractivity contribution in [2.45, 2.75) is 59.0 Å². The van der Waals surface area contributed by atoms with E-state index in [0.717, 1.165) is 12.8 Å². The molecule has 0 aromatic carbocycles. The molecule has 0 radical (unpaired) electrons. The second kappa shape index (κ2) is 5.07. The lowest BCUT2D eigenvalue weighted by molar-refractivity contribution is -0.155. The van der Waals surface area contributed by atoms with Crippen LogP contribution >= 0.6 is 0 Å². The van der Waals surface area contributed by atoms with Gasteiger partial charge < -0.3 is 10.2 Å². The minimum absolute atomic E-state index is 0.0271. The smallest absolute Gasteiger partial charge is 0.248 e. The van der Waals surface area contributed by atoms with Crippen LogP contribution in [0.15, 0.2) is 0 Å². The highest BCUT2D eigenvalue weighted by Crippen LogP contribution is 2.23. The fourth-order valence-corrected chi connectivity index (χ4v) is 2.29. The number of carbonyl (C=O) groups excluding carboxylic acids is 2. The average Bonchev–Trinajstić information content (AvgIpc) is 2.19. The van der Waals surface area contributed by atoms with Gasteiger partial charge in [0.05, 0.1) is 0 Å². The van der Waals surface area contributed by atoms with Gasteiger partial charge in [0.2, 0.25) is 11.8 Å². The van der Waals surface area contributed by atoms with Gasteiger partial charge in [0.25, 0.3) is 0 Å². The quantitative estimate of drug-likeness (QED) is 0.810. The van der Waals surface area contributed by atoms with Crippen molar-refractivity contribution in [3.63, 3.8) is 0 Å². The Morgan fingerprint density at radius 2 is 1.94 bits per heavy atom. The van der Waals surface area contributed by atoms with Crippen LogP contribution in [0.3, 0.4) is 0 Å². The number of hydrogen-bond acceptors (Lipinski definition) is 2. The molecule has 1 aliphatic rings. The summed E-state index contributed by atoms with van der Waals surface area (Å²) in [5.74, 6) is 0.150. The lowest BCUT2D eigenvalue weighted by atomic mass is 9.91. The van der Waals surface area contributed by atoms with E-state index in [1.807, 2.05) is 13.8 Å². The Morgan fingerprint density at radius 1 is 1.35 bits per heavy atom. The summed E-state index contributed by atoms with van der Waals surface area (Å²) < 4.78 is 0. The maximum Gasteiger partial charge on any atom is 0.248 e. The SMILES string of the molecule is CCCCN1C(=O)C(C)(C)NC(=O)C1C(C)C. The standard InChI is InChI=1S/C13H24N2O2/c1-6-7-8-15-10(9(2)3)11(16)14-13(4,5)12(15)17/h9-10H,6-8H2,1-5H3,(H,14,16). The molecule has 0 aromatic rings. The van der Waals surface area contributed by atoms with Gasteiger partial charge in [0, 0.05) is 6.54 Å². The molecule has 4 nitrogen and oxygen atoms in total. The van der Waals surface area contributed by atoms with Crippen LogP contribution in [0.5, 0.6) is 0 Å². The van der Waals surface area contributed by atoms with Gasteiger partial charge in [-0.2, -0.15) is 0 Å². The third kappa shape index (κ3) is 2.79. The van der Waals surface area contributed by atoms with Crippen LogP contribution < -0.4 is 5.32 Å². The largest absolute Gasteiger partial charge is 0.340 e. The van der Waals surface area contributed by atoms with Gasteiger partial charge in [-0.1, -0.05) is 27.2 Å². The van der Waals surface area contributed by atoms with Crippen LogP contribution in [0.2, 0.25) is 0 Å². The van der Waals surface area contributed by atoms with Crippen LogP contribution in [0.1, 0.15) is 47.5 Å². The molecule has 2 amide bonds. The maximum absolute atomic E-state index is 12.3. The van der Waals surface area contributed by atoms with Crippen molar-refractivity contribution in [3.8, 4) is 0 Å². The molecule has 0 bridgehead atoms. The zero-order valence-electron chi connectivity index (χ0n) is 11.5. The minimum atomic E-state index is -0.768. The first-order valence-electron chi connectivity index (χ1n) is 6.44. The molecule has 1 atom stereocenters. The third-order valence-electron chi connectivity index (χ3n) is 3.22. The monoisotopic (exact) mass is 240 g/mol. The molecule has 1 aliphatic heterocycles. The van der Waals surface area contributed by atoms with Gasteiger partial charge in [-0.15, -0.1) is 0 Å². The second-order valence-corrected chi connectivity index (χ2v) is 5.66. The first-order chi connectivity index (χ1) is 7.81. The van der Waals surface area contributed by atoms with E-state index in [9.17, 15) is 9.59 Å². The van der Waals surface area contributed by atoms with E-state index in [-0.39, 0.29) is 23.8 Å². The van der Waals surface area contributed by atoms with E-state index in [2.05, 4.69) is 12.2 Å². The van der Waals surface area contributed by atoms with Crippen molar-refractivity contribution in [2.24, 2.45) is 5.92 Å². The molecule has 4 heteroatoms. The Kier molecular flexibility index (Phi) is 4.17. The summed E-state index contributed by atoms with van der Waals surface area (Å²) in [5.41, 5.74) is -0.768. The van der Waals surface area contributed by atoms with E-state index < -0.39 is 5.54 Å². The number of rotatable bonds is 4. The molecule has 1 N–H and O–H groups in total. The Morgan fingerprint density at radius 3 is 2.41 bits per heavy atom. The van der Waals surface area contributed by atoms with Crippen molar-refractivity contribution in [2.75, 3.05) is 6.54 Å². The molecule has 98 valence electrons. The normalized spacial score (nSPS) is 24.1. The van der Waals surface area contributed by atoms with Crippen molar-refractivity contribution in [1.29, 1.82) is 0 Å². The molecule has 1 fully saturated rings. The van der Waals surface area contributed by atoms with Gasteiger partial charge in [-0.05, 0) is 26.2 Å². The molecular formula is C13H24N2O2. The summed E-state index contributed by atoms with van der Waals surface area (Å²) in [7, 11) is 0. The van der Waals surface area contributed by atoms with Gasteiger partial charge in [0.15, 0.2) is 0 Å². The highest BCUT2D eigenvalue weighted by molar-refractivity contribution is 5.99. The Hall–Kier alpha value is -1.06. The lowest BCUT2D eigenvalue weighted by Gasteiger charge is -2.44. The number of piperazine rings is 1. The molecule has 17 heavy (non-hydrogen) atoms. The molecule has 1 heterocycles. The first kappa shape index (κ1) is 14.0. The van der Waals surface area contributed by atoms with Gasteiger partial charge >= 0.3 is 0 Å². The zero-order chi connectivity index (χ0) is 13.2. The van der Waals surface area contributed by atoms with Crippen molar-refractivity contribution in [3.05, 3.63) is 0 Å². The molecular weight excluding hydrogens is 216 g/mol. The number of nitrogens with zero attached hydrogens (tertiary/aromatic N) is 1. The van der Waals surface area contributed by atoms with E-state index in [0.29, 0.717) is 6.54 Å². The van der Waals surface area contributed by atoms with Gasteiger partial charge in [0.1, 0.15) is 11.6 Å². The summed E-state index contributed by atoms with van der Waals surface area (Å²) in [6, 6.07) is -0.318. The molecule has 1 rings (SSSR count). The predicted octanol–water partition coefficient (Wildman–Crippen LogP) is 1.55. The molecule has 0 aromatic heterocycles. The number of carbonyl (C=O) groups is 2. The highest BCUT2D eigenvalue weighted by atomic mass is 16.2. The maximum atomic E-state index is 12.3. The zero-order valence-corrected chi connectivity index (χ0v) is 11.5. The molecule has 0 aliphatic carbocycles. The summed E-state index contributed by atoms with van der Waals surface area (Å²) in [4.78, 5) is 26.1. The van der Waals surface area contributed by atoms with Crippen LogP contribution in [0.4, 0.5) is 0 Å². The Labute approximate surface area is 104 Å². The number of nitrogens with one attached hydrogen (secondary N) is 1. The van der Waals surface area contributed by atoms with E-state index in [4.69, 9.17) is 0 Å². The summed E-state index contributed by atoms with van der Waals surface area (Å²) in [6.07, 6.45) is 1.97. The average molecular weight is 240 g/mol. The van der Waals surface area contributed by atoms with Crippen LogP contribution in [0.25, 0.3) is 0 Å². The minimum Gasteiger partial charge on any atom is -0.340 e. The Bertz CT molecular complexity index is 311. The van der Waals surface area contributed by atoms with Crippen molar-refractivity contribution in [1.82, 2.24) is 10.2 Å². The summed E-state index contributed by atoms with van der Waals surface area (Å²) in [5, 5.41) is 2.81. The fourth-order valence-electron chi connectivity index (χ4n) is 2.29. The number of hydrogen-bond donors (Lipinski definition) is 1. The highest BCUT2D eigenvalue weighted by Gasteiger charge is 2.45. The number of amides is 2. The van der Waals surface area contributed by atoms with Crippen LogP contribution in [-0.2, 0) is 9.59 Å². The molecule has 1 unspecified atom stereocenters. The van der Waals surface area contributed by atoms with E-state index in [1.54, 1.807) is 18.7 Å². The van der Waals surface area contributed by atoms with E-state index >= 15 is 0 Å². The van der Waals surface area contributed by atoms with Gasteiger partial charge in [-0.3, -0.25) is 9.59 Å². The summed E-state index contributed by atoms with van der Waals surface area (Å²) >= 11 is 0.